The summed E-state index contributed by atoms with van der Waals surface area (Å²) < 4.78 is 10.7. The van der Waals surface area contributed by atoms with E-state index >= 15 is 0 Å². The summed E-state index contributed by atoms with van der Waals surface area (Å²) in [7, 11) is 0. The van der Waals surface area contributed by atoms with Crippen molar-refractivity contribution in [3.05, 3.63) is 65.2 Å². The summed E-state index contributed by atoms with van der Waals surface area (Å²) in [6.45, 7) is 2.11. The fourth-order valence-corrected chi connectivity index (χ4v) is 2.66. The third-order valence-corrected chi connectivity index (χ3v) is 4.16. The molecule has 0 aliphatic rings. The average molecular weight is 409 g/mol. The highest BCUT2D eigenvalue weighted by Crippen LogP contribution is 2.28. The lowest BCUT2D eigenvalue weighted by atomic mass is 10.1. The highest BCUT2D eigenvalue weighted by molar-refractivity contribution is 6.33. The molecule has 0 atom stereocenters. The molecular formula is C21H17ClN4O3. The Bertz CT molecular complexity index is 1050. The Hall–Kier alpha value is -3.63. The van der Waals surface area contributed by atoms with Gasteiger partial charge in [0.1, 0.15) is 11.8 Å². The van der Waals surface area contributed by atoms with Crippen molar-refractivity contribution in [2.75, 3.05) is 18.5 Å². The molecule has 1 aromatic heterocycles. The van der Waals surface area contributed by atoms with E-state index in [-0.39, 0.29) is 6.61 Å². The highest BCUT2D eigenvalue weighted by Gasteiger charge is 2.11. The molecule has 1 heterocycles. The number of hydrogen-bond donors (Lipinski definition) is 1. The molecule has 0 saturated heterocycles. The fraction of sp³-hybridized carbons (Fsp3) is 0.143. The maximum atomic E-state index is 12.3. The second-order valence-corrected chi connectivity index (χ2v) is 6.24. The van der Waals surface area contributed by atoms with Gasteiger partial charge in [-0.05, 0) is 37.3 Å². The number of rotatable bonds is 7. The lowest BCUT2D eigenvalue weighted by Crippen LogP contribution is -2.20. The first-order chi connectivity index (χ1) is 14.1. The van der Waals surface area contributed by atoms with Gasteiger partial charge in [0.15, 0.2) is 6.61 Å². The van der Waals surface area contributed by atoms with Crippen LogP contribution < -0.4 is 14.8 Å². The number of benzene rings is 2. The summed E-state index contributed by atoms with van der Waals surface area (Å²) in [5.74, 6) is 0.373. The fourth-order valence-electron chi connectivity index (χ4n) is 2.49. The van der Waals surface area contributed by atoms with Crippen molar-refractivity contribution in [1.82, 2.24) is 10.2 Å². The molecule has 0 spiro atoms. The number of halogens is 1. The van der Waals surface area contributed by atoms with Crippen LogP contribution in [-0.4, -0.2) is 29.3 Å². The number of carbonyl (C=O) groups is 1. The molecule has 8 heteroatoms. The van der Waals surface area contributed by atoms with Gasteiger partial charge in [-0.2, -0.15) is 5.26 Å². The van der Waals surface area contributed by atoms with Crippen molar-refractivity contribution in [3.8, 4) is 29.0 Å². The lowest BCUT2D eigenvalue weighted by molar-refractivity contribution is -0.118. The van der Waals surface area contributed by atoms with E-state index in [0.29, 0.717) is 40.2 Å². The van der Waals surface area contributed by atoms with E-state index in [1.807, 2.05) is 13.0 Å². The zero-order chi connectivity index (χ0) is 20.6. The minimum absolute atomic E-state index is 0.262. The lowest BCUT2D eigenvalue weighted by Gasteiger charge is -2.11. The van der Waals surface area contributed by atoms with Gasteiger partial charge in [-0.1, -0.05) is 29.8 Å². The maximum absolute atomic E-state index is 12.3. The first-order valence-electron chi connectivity index (χ1n) is 8.79. The Morgan fingerprint density at radius 2 is 1.97 bits per heavy atom. The van der Waals surface area contributed by atoms with Crippen molar-refractivity contribution >= 4 is 23.2 Å². The van der Waals surface area contributed by atoms with Crippen LogP contribution in [0.5, 0.6) is 11.6 Å². The zero-order valence-electron chi connectivity index (χ0n) is 15.6. The second kappa shape index (κ2) is 9.53. The van der Waals surface area contributed by atoms with Crippen LogP contribution in [0.15, 0.2) is 54.6 Å². The van der Waals surface area contributed by atoms with Crippen LogP contribution >= 0.6 is 11.6 Å². The van der Waals surface area contributed by atoms with Crippen LogP contribution in [0.4, 0.5) is 5.69 Å². The number of nitrogens with one attached hydrogen (secondary N) is 1. The van der Waals surface area contributed by atoms with Gasteiger partial charge in [-0.25, -0.2) is 0 Å². The van der Waals surface area contributed by atoms with E-state index in [9.17, 15) is 4.79 Å². The summed E-state index contributed by atoms with van der Waals surface area (Å²) in [6.07, 6.45) is 0. The largest absolute Gasteiger partial charge is 0.482 e. The molecule has 1 N–H and O–H groups in total. The summed E-state index contributed by atoms with van der Waals surface area (Å²) in [5, 5.41) is 20.3. The number of anilines is 1. The predicted octanol–water partition coefficient (Wildman–Crippen LogP) is 4.08. The van der Waals surface area contributed by atoms with Gasteiger partial charge in [0, 0.05) is 11.6 Å². The molecule has 29 heavy (non-hydrogen) atoms. The molecule has 3 rings (SSSR count). The molecular weight excluding hydrogens is 392 g/mol. The topological polar surface area (TPSA) is 97.1 Å². The number of aromatic nitrogens is 2. The number of hydrogen-bond acceptors (Lipinski definition) is 6. The molecule has 0 aliphatic heterocycles. The summed E-state index contributed by atoms with van der Waals surface area (Å²) in [4.78, 5) is 12.3. The maximum Gasteiger partial charge on any atom is 0.262 e. The van der Waals surface area contributed by atoms with Crippen LogP contribution in [0, 0.1) is 11.3 Å². The Morgan fingerprint density at radius 1 is 1.14 bits per heavy atom. The summed E-state index contributed by atoms with van der Waals surface area (Å²) >= 11 is 6.20. The monoisotopic (exact) mass is 408 g/mol. The minimum atomic E-state index is -0.408. The minimum Gasteiger partial charge on any atom is -0.482 e. The van der Waals surface area contributed by atoms with Gasteiger partial charge in [-0.3, -0.25) is 4.79 Å². The summed E-state index contributed by atoms with van der Waals surface area (Å²) in [6, 6.07) is 17.4. The third-order valence-electron chi connectivity index (χ3n) is 3.83. The van der Waals surface area contributed by atoms with Crippen molar-refractivity contribution in [1.29, 1.82) is 5.26 Å². The number of amides is 1. The van der Waals surface area contributed by atoms with Gasteiger partial charge in [0.2, 0.25) is 5.88 Å². The number of carbonyl (C=O) groups excluding carboxylic acids is 1. The van der Waals surface area contributed by atoms with Gasteiger partial charge >= 0.3 is 0 Å². The highest BCUT2D eigenvalue weighted by atomic mass is 35.5. The smallest absolute Gasteiger partial charge is 0.262 e. The average Bonchev–Trinajstić information content (AvgIpc) is 2.75. The van der Waals surface area contributed by atoms with Crippen LogP contribution in [0.3, 0.4) is 0 Å². The Kier molecular flexibility index (Phi) is 6.61. The molecule has 0 unspecified atom stereocenters. The number of nitrogens with zero attached hydrogens (tertiary/aromatic N) is 3. The van der Waals surface area contributed by atoms with Crippen molar-refractivity contribution < 1.29 is 14.3 Å². The quantitative estimate of drug-likeness (QED) is 0.632. The third kappa shape index (κ3) is 5.21. The van der Waals surface area contributed by atoms with Crippen molar-refractivity contribution in [2.24, 2.45) is 0 Å². The van der Waals surface area contributed by atoms with E-state index in [0.717, 1.165) is 5.56 Å². The van der Waals surface area contributed by atoms with Crippen LogP contribution in [0.25, 0.3) is 11.3 Å². The molecule has 0 radical (unpaired) electrons. The molecule has 3 aromatic rings. The number of para-hydroxylation sites is 1. The number of ether oxygens (including phenoxy) is 2. The van der Waals surface area contributed by atoms with Gasteiger partial charge in [0.25, 0.3) is 5.91 Å². The van der Waals surface area contributed by atoms with E-state index in [4.69, 9.17) is 26.3 Å². The molecule has 1 amide bonds. The van der Waals surface area contributed by atoms with Gasteiger partial charge in [-0.15, -0.1) is 10.2 Å². The molecule has 0 fully saturated rings. The molecule has 146 valence electrons. The van der Waals surface area contributed by atoms with E-state index in [1.165, 1.54) is 0 Å². The predicted molar refractivity (Wildman–Crippen MR) is 109 cm³/mol. The molecule has 0 saturated carbocycles. The second-order valence-electron chi connectivity index (χ2n) is 5.83. The normalized spacial score (nSPS) is 10.1. The standard InChI is InChI=1S/C21H17ClN4O3/c1-2-28-21-10-9-17(25-26-21)14-7-8-16(22)18(11-14)24-20(27)13-29-19-6-4-3-5-15(19)12-23/h3-11H,2,13H2,1H3,(H,24,27). The first kappa shape index (κ1) is 20.1. The molecule has 0 aliphatic carbocycles. The van der Waals surface area contributed by atoms with Crippen LogP contribution in [0.1, 0.15) is 12.5 Å². The van der Waals surface area contributed by atoms with Crippen LogP contribution in [-0.2, 0) is 4.79 Å². The molecule has 7 nitrogen and oxygen atoms in total. The van der Waals surface area contributed by atoms with E-state index in [2.05, 4.69) is 15.5 Å². The molecule has 2 aromatic carbocycles. The SMILES string of the molecule is CCOc1ccc(-c2ccc(Cl)c(NC(=O)COc3ccccc3C#N)c2)nn1. The van der Waals surface area contributed by atoms with E-state index < -0.39 is 5.91 Å². The van der Waals surface area contributed by atoms with Gasteiger partial charge < -0.3 is 14.8 Å². The van der Waals surface area contributed by atoms with Crippen molar-refractivity contribution in [2.45, 2.75) is 6.92 Å². The zero-order valence-corrected chi connectivity index (χ0v) is 16.3. The first-order valence-corrected chi connectivity index (χ1v) is 9.16. The Morgan fingerprint density at radius 3 is 2.69 bits per heavy atom. The summed E-state index contributed by atoms with van der Waals surface area (Å²) in [5.41, 5.74) is 2.12. The van der Waals surface area contributed by atoms with Crippen molar-refractivity contribution in [3.63, 3.8) is 0 Å². The Balaban J connectivity index is 1.69. The van der Waals surface area contributed by atoms with Crippen LogP contribution in [0.2, 0.25) is 5.02 Å². The van der Waals surface area contributed by atoms with E-state index in [1.54, 1.807) is 54.6 Å². The van der Waals surface area contributed by atoms with Gasteiger partial charge in [0.05, 0.1) is 28.6 Å². The Labute approximate surface area is 172 Å². The number of nitriles is 1. The molecule has 0 bridgehead atoms.